The van der Waals surface area contributed by atoms with Crippen LogP contribution in [-0.4, -0.2) is 19.1 Å². The quantitative estimate of drug-likeness (QED) is 0.136. The Balaban J connectivity index is 0.000000969. The summed E-state index contributed by atoms with van der Waals surface area (Å²) in [4.78, 5) is 10.5. The Hall–Kier alpha value is -5.92. The number of aromatic nitrogens is 4. The highest BCUT2D eigenvalue weighted by atomic mass is 15.2. The molecule has 0 atom stereocenters. The summed E-state index contributed by atoms with van der Waals surface area (Å²) in [5.74, 6) is 0.689. The lowest BCUT2D eigenvalue weighted by Gasteiger charge is -2.14. The normalized spacial score (nSPS) is 12.3. The van der Waals surface area contributed by atoms with Gasteiger partial charge in [-0.25, -0.2) is 9.97 Å². The molecule has 0 saturated carbocycles. The Bertz CT molecular complexity index is 2290. The van der Waals surface area contributed by atoms with Gasteiger partial charge in [0.25, 0.3) is 0 Å². The molecule has 7 aromatic rings. The minimum Gasteiger partial charge on any atom is -0.308 e. The standard InChI is InChI=1S/C40H32N4.C2H6.C2H2/c1-2-3-4-9-18-29-27-35(28-16-7-5-8-17-28)42-40(41-29)44-37-24-15-13-22-32(37)34-26-25-33-31-21-12-14-23-36(31)43(38(33)39(34)44)30-19-10-6-11-20-30;2*1-2/h2-11,13-17,19-20,22-27H,12,18,21H2,1H3;1-2H3;1-2H/b3-2-,9-4-;;. The smallest absolute Gasteiger partial charge is 0.235 e. The maximum absolute atomic E-state index is 5.27. The molecule has 0 unspecified atom stereocenters. The largest absolute Gasteiger partial charge is 0.308 e. The minimum atomic E-state index is 0.689. The molecule has 0 radical (unpaired) electrons. The van der Waals surface area contributed by atoms with Crippen LogP contribution in [0.15, 0.2) is 134 Å². The molecular weight excluding hydrogens is 585 g/mol. The number of rotatable bonds is 6. The monoisotopic (exact) mass is 624 g/mol. The third kappa shape index (κ3) is 5.76. The average molecular weight is 625 g/mol. The molecule has 1 aliphatic rings. The SMILES string of the molecule is C#C.C/C=C\C=C/Cc1cc(-c2ccccc2)nc(-n2c3ccccc3c3ccc4c5c(n(-c6ccccc6)c4c32)C=CCC5)n1.CC. The Labute approximate surface area is 283 Å². The fourth-order valence-electron chi connectivity index (χ4n) is 6.64. The summed E-state index contributed by atoms with van der Waals surface area (Å²) in [5, 5.41) is 3.69. The van der Waals surface area contributed by atoms with Gasteiger partial charge in [-0.15, -0.1) is 12.8 Å². The molecule has 48 heavy (non-hydrogen) atoms. The van der Waals surface area contributed by atoms with E-state index in [9.17, 15) is 0 Å². The summed E-state index contributed by atoms with van der Waals surface area (Å²) < 4.78 is 4.74. The lowest BCUT2D eigenvalue weighted by molar-refractivity contribution is 0.947. The van der Waals surface area contributed by atoms with Crippen molar-refractivity contribution in [2.45, 2.75) is 40.0 Å². The van der Waals surface area contributed by atoms with Crippen molar-refractivity contribution < 1.29 is 0 Å². The summed E-state index contributed by atoms with van der Waals surface area (Å²) in [7, 11) is 0. The summed E-state index contributed by atoms with van der Waals surface area (Å²) >= 11 is 0. The van der Waals surface area contributed by atoms with E-state index in [4.69, 9.17) is 9.97 Å². The molecule has 8 rings (SSSR count). The molecule has 0 aliphatic heterocycles. The van der Waals surface area contributed by atoms with Crippen LogP contribution >= 0.6 is 0 Å². The maximum atomic E-state index is 5.27. The maximum Gasteiger partial charge on any atom is 0.235 e. The first-order valence-corrected chi connectivity index (χ1v) is 16.7. The van der Waals surface area contributed by atoms with Crippen molar-refractivity contribution in [1.29, 1.82) is 0 Å². The molecule has 4 heteroatoms. The van der Waals surface area contributed by atoms with Crippen LogP contribution in [0.25, 0.3) is 61.7 Å². The molecule has 0 amide bonds. The Morgan fingerprint density at radius 2 is 1.42 bits per heavy atom. The zero-order valence-corrected chi connectivity index (χ0v) is 27.8. The number of para-hydroxylation sites is 2. The molecular formula is C44H40N4. The second kappa shape index (κ2) is 14.7. The first-order valence-electron chi connectivity index (χ1n) is 16.7. The van der Waals surface area contributed by atoms with Crippen LogP contribution in [0.1, 0.15) is 44.1 Å². The van der Waals surface area contributed by atoms with Gasteiger partial charge in [-0.1, -0.05) is 123 Å². The highest BCUT2D eigenvalue weighted by molar-refractivity contribution is 6.19. The third-order valence-electron chi connectivity index (χ3n) is 8.56. The van der Waals surface area contributed by atoms with Crippen LogP contribution in [0.5, 0.6) is 0 Å². The van der Waals surface area contributed by atoms with Gasteiger partial charge in [0.05, 0.1) is 27.9 Å². The van der Waals surface area contributed by atoms with Gasteiger partial charge in [0.1, 0.15) is 0 Å². The van der Waals surface area contributed by atoms with Gasteiger partial charge < -0.3 is 4.57 Å². The van der Waals surface area contributed by atoms with E-state index in [0.717, 1.165) is 46.5 Å². The number of fused-ring (bicyclic) bond motifs is 7. The molecule has 236 valence electrons. The van der Waals surface area contributed by atoms with E-state index >= 15 is 0 Å². The highest BCUT2D eigenvalue weighted by Gasteiger charge is 2.25. The molecule has 4 nitrogen and oxygen atoms in total. The fraction of sp³-hybridized carbons (Fsp3) is 0.136. The molecule has 4 aromatic carbocycles. The first-order chi connectivity index (χ1) is 23.8. The zero-order chi connectivity index (χ0) is 33.5. The highest BCUT2D eigenvalue weighted by Crippen LogP contribution is 2.42. The van der Waals surface area contributed by atoms with Crippen molar-refractivity contribution in [3.05, 3.63) is 150 Å². The predicted molar refractivity (Wildman–Crippen MR) is 205 cm³/mol. The second-order valence-electron chi connectivity index (χ2n) is 11.3. The van der Waals surface area contributed by atoms with E-state index in [1.165, 1.54) is 32.9 Å². The van der Waals surface area contributed by atoms with Gasteiger partial charge >= 0.3 is 0 Å². The molecule has 3 heterocycles. The average Bonchev–Trinajstić information content (AvgIpc) is 3.69. The molecule has 0 N–H and O–H groups in total. The van der Waals surface area contributed by atoms with Crippen LogP contribution in [0.4, 0.5) is 0 Å². The van der Waals surface area contributed by atoms with E-state index < -0.39 is 0 Å². The minimum absolute atomic E-state index is 0.689. The van der Waals surface area contributed by atoms with Crippen molar-refractivity contribution >= 4 is 38.8 Å². The van der Waals surface area contributed by atoms with Crippen LogP contribution in [0.3, 0.4) is 0 Å². The van der Waals surface area contributed by atoms with Crippen LogP contribution in [0, 0.1) is 12.8 Å². The number of nitrogens with zero attached hydrogens (tertiary/aromatic N) is 4. The fourth-order valence-corrected chi connectivity index (χ4v) is 6.64. The molecule has 0 spiro atoms. The molecule has 1 aliphatic carbocycles. The first kappa shape index (κ1) is 32.0. The Morgan fingerprint density at radius 3 is 2.19 bits per heavy atom. The number of allylic oxidation sites excluding steroid dienone is 5. The van der Waals surface area contributed by atoms with Crippen molar-refractivity contribution in [3.8, 4) is 35.7 Å². The summed E-state index contributed by atoms with van der Waals surface area (Å²) in [5.41, 5.74) is 10.2. The van der Waals surface area contributed by atoms with E-state index in [0.29, 0.717) is 12.4 Å². The van der Waals surface area contributed by atoms with Gasteiger partial charge in [0.15, 0.2) is 0 Å². The lowest BCUT2D eigenvalue weighted by Crippen LogP contribution is -2.06. The third-order valence-corrected chi connectivity index (χ3v) is 8.56. The van der Waals surface area contributed by atoms with Gasteiger partial charge in [-0.3, -0.25) is 4.57 Å². The number of aryl methyl sites for hydroxylation is 1. The molecule has 0 fully saturated rings. The second-order valence-corrected chi connectivity index (χ2v) is 11.3. The van der Waals surface area contributed by atoms with Crippen molar-refractivity contribution in [2.75, 3.05) is 0 Å². The topological polar surface area (TPSA) is 35.6 Å². The van der Waals surface area contributed by atoms with Crippen molar-refractivity contribution in [2.24, 2.45) is 0 Å². The van der Waals surface area contributed by atoms with Gasteiger partial charge in [-0.2, -0.15) is 0 Å². The summed E-state index contributed by atoms with van der Waals surface area (Å²) in [6, 6.07) is 36.6. The van der Waals surface area contributed by atoms with E-state index in [2.05, 4.69) is 149 Å². The summed E-state index contributed by atoms with van der Waals surface area (Å²) in [6.07, 6.45) is 23.7. The Kier molecular flexibility index (Phi) is 9.79. The number of hydrogen-bond donors (Lipinski definition) is 0. The van der Waals surface area contributed by atoms with Gasteiger partial charge in [0, 0.05) is 39.5 Å². The van der Waals surface area contributed by atoms with Crippen LogP contribution in [-0.2, 0) is 12.8 Å². The van der Waals surface area contributed by atoms with Crippen molar-refractivity contribution in [1.82, 2.24) is 19.1 Å². The van der Waals surface area contributed by atoms with E-state index in [1.807, 2.05) is 32.9 Å². The van der Waals surface area contributed by atoms with E-state index in [-0.39, 0.29) is 0 Å². The molecule has 3 aromatic heterocycles. The predicted octanol–water partition coefficient (Wildman–Crippen LogP) is 11.1. The summed E-state index contributed by atoms with van der Waals surface area (Å²) in [6.45, 7) is 6.03. The number of benzene rings is 4. The molecule has 0 bridgehead atoms. The zero-order valence-electron chi connectivity index (χ0n) is 27.8. The van der Waals surface area contributed by atoms with Gasteiger partial charge in [0.2, 0.25) is 5.95 Å². The molecule has 0 saturated heterocycles. The van der Waals surface area contributed by atoms with Gasteiger partial charge in [-0.05, 0) is 55.7 Å². The van der Waals surface area contributed by atoms with Crippen molar-refractivity contribution in [3.63, 3.8) is 0 Å². The number of terminal acetylenes is 1. The Morgan fingerprint density at radius 1 is 0.729 bits per heavy atom. The van der Waals surface area contributed by atoms with Crippen LogP contribution in [0.2, 0.25) is 0 Å². The van der Waals surface area contributed by atoms with Crippen LogP contribution < -0.4 is 0 Å². The lowest BCUT2D eigenvalue weighted by atomic mass is 10.00. The number of hydrogen-bond acceptors (Lipinski definition) is 2. The van der Waals surface area contributed by atoms with E-state index in [1.54, 1.807) is 0 Å².